The van der Waals surface area contributed by atoms with Gasteiger partial charge in [-0.05, 0) is 264 Å². The first-order valence-electron chi connectivity index (χ1n) is 29.0. The maximum Gasteiger partial charge on any atom is 0.0464 e. The first kappa shape index (κ1) is 52.4. The molecular formula is C75H79N3. The van der Waals surface area contributed by atoms with Crippen LogP contribution >= 0.6 is 0 Å². The van der Waals surface area contributed by atoms with Gasteiger partial charge >= 0.3 is 0 Å². The minimum absolute atomic E-state index is 0.0540. The summed E-state index contributed by atoms with van der Waals surface area (Å²) in [7, 11) is 0. The van der Waals surface area contributed by atoms with E-state index in [0.29, 0.717) is 0 Å². The fourth-order valence-electron chi connectivity index (χ4n) is 13.0. The fraction of sp³-hybridized carbons (Fsp3) is 0.280. The number of benzene rings is 9. The Morgan fingerprint density at radius 2 is 0.423 bits per heavy atom. The van der Waals surface area contributed by atoms with Crippen molar-refractivity contribution in [3.8, 4) is 0 Å². The molecule has 9 aromatic carbocycles. The number of aryl methyl sites for hydroxylation is 9. The third kappa shape index (κ3) is 10.2. The van der Waals surface area contributed by atoms with Crippen LogP contribution in [-0.2, 0) is 10.8 Å². The molecule has 2 aliphatic rings. The van der Waals surface area contributed by atoms with E-state index in [4.69, 9.17) is 0 Å². The second-order valence-corrected chi connectivity index (χ2v) is 23.4. The summed E-state index contributed by atoms with van der Waals surface area (Å²) in [4.78, 5) is 7.32. The molecular weight excluding hydrogens is 943 g/mol. The zero-order valence-electron chi connectivity index (χ0n) is 47.9. The van der Waals surface area contributed by atoms with E-state index in [9.17, 15) is 0 Å². The van der Waals surface area contributed by atoms with Crippen molar-refractivity contribution in [2.75, 3.05) is 14.7 Å². The molecule has 0 radical (unpaired) electrons. The van der Waals surface area contributed by atoms with Crippen molar-refractivity contribution >= 4 is 51.2 Å². The third-order valence-electron chi connectivity index (χ3n) is 18.4. The molecule has 78 heavy (non-hydrogen) atoms. The first-order chi connectivity index (χ1) is 37.8. The maximum atomic E-state index is 2.48. The molecule has 2 fully saturated rings. The van der Waals surface area contributed by atoms with Crippen LogP contribution in [-0.4, -0.2) is 0 Å². The van der Waals surface area contributed by atoms with Gasteiger partial charge in [0.25, 0.3) is 0 Å². The molecule has 0 spiro atoms. The van der Waals surface area contributed by atoms with Crippen LogP contribution < -0.4 is 14.7 Å². The molecule has 0 saturated heterocycles. The molecule has 394 valence electrons. The van der Waals surface area contributed by atoms with Gasteiger partial charge in [0.1, 0.15) is 0 Å². The van der Waals surface area contributed by atoms with Gasteiger partial charge < -0.3 is 14.7 Å². The molecule has 2 saturated carbocycles. The number of anilines is 9. The van der Waals surface area contributed by atoms with Gasteiger partial charge in [-0.3, -0.25) is 0 Å². The highest BCUT2D eigenvalue weighted by Gasteiger charge is 2.38. The van der Waals surface area contributed by atoms with Gasteiger partial charge in [0.05, 0.1) is 0 Å². The maximum absolute atomic E-state index is 2.48. The Morgan fingerprint density at radius 1 is 0.218 bits per heavy atom. The lowest BCUT2D eigenvalue weighted by molar-refractivity contribution is 0.346. The molecule has 9 aromatic rings. The summed E-state index contributed by atoms with van der Waals surface area (Å²) in [5.41, 5.74) is 27.9. The number of hydrogen-bond acceptors (Lipinski definition) is 3. The highest BCUT2D eigenvalue weighted by Crippen LogP contribution is 2.50. The van der Waals surface area contributed by atoms with E-state index in [1.807, 2.05) is 0 Å². The molecule has 0 aromatic heterocycles. The monoisotopic (exact) mass is 1020 g/mol. The first-order valence-corrected chi connectivity index (χ1v) is 29.0. The summed E-state index contributed by atoms with van der Waals surface area (Å²) < 4.78 is 0. The van der Waals surface area contributed by atoms with Crippen molar-refractivity contribution in [1.82, 2.24) is 0 Å². The van der Waals surface area contributed by atoms with Gasteiger partial charge in [-0.2, -0.15) is 0 Å². The van der Waals surface area contributed by atoms with E-state index < -0.39 is 0 Å². The van der Waals surface area contributed by atoms with Crippen LogP contribution in [0, 0.1) is 62.3 Å². The largest absolute Gasteiger partial charge is 0.310 e. The van der Waals surface area contributed by atoms with Crippen molar-refractivity contribution < 1.29 is 0 Å². The second-order valence-electron chi connectivity index (χ2n) is 23.4. The van der Waals surface area contributed by atoms with Crippen LogP contribution in [0.2, 0.25) is 0 Å². The van der Waals surface area contributed by atoms with E-state index in [2.05, 4.69) is 271 Å². The molecule has 3 nitrogen and oxygen atoms in total. The molecule has 0 atom stereocenters. The fourth-order valence-corrected chi connectivity index (χ4v) is 13.0. The Kier molecular flexibility index (Phi) is 14.8. The lowest BCUT2D eigenvalue weighted by atomic mass is 9.65. The van der Waals surface area contributed by atoms with E-state index in [-0.39, 0.29) is 10.8 Å². The molecule has 0 heterocycles. The van der Waals surface area contributed by atoms with Crippen LogP contribution in [0.5, 0.6) is 0 Å². The van der Waals surface area contributed by atoms with E-state index in [1.54, 1.807) is 0 Å². The SMILES string of the molecule is Cc1ccc(N(c2ccc(C3(c4ccc(N(c5ccc(C6(c7ccc(N(c8ccc(C)c(C)c8)c8ccc(C)c(C)c8)cc7)CCCCC6)cc5)c5ccc(C)c(C)c5)cc4)CCCCC3)cc2)c2ccc(C)c(C)c2)cc1. The Labute approximate surface area is 467 Å². The van der Waals surface area contributed by atoms with Crippen LogP contribution in [0.3, 0.4) is 0 Å². The summed E-state index contributed by atoms with van der Waals surface area (Å²) in [5, 5.41) is 0. The van der Waals surface area contributed by atoms with Crippen molar-refractivity contribution in [1.29, 1.82) is 0 Å². The molecule has 2 aliphatic carbocycles. The minimum Gasteiger partial charge on any atom is -0.310 e. The zero-order chi connectivity index (χ0) is 54.1. The molecule has 11 rings (SSSR count). The zero-order valence-corrected chi connectivity index (χ0v) is 47.9. The van der Waals surface area contributed by atoms with Crippen molar-refractivity contribution in [2.24, 2.45) is 0 Å². The van der Waals surface area contributed by atoms with E-state index in [0.717, 1.165) is 25.7 Å². The topological polar surface area (TPSA) is 9.72 Å². The highest BCUT2D eigenvalue weighted by molar-refractivity contribution is 5.80. The molecule has 3 heteroatoms. The number of nitrogens with zero attached hydrogens (tertiary/aromatic N) is 3. The average Bonchev–Trinajstić information content (AvgIpc) is 3.62. The molecule has 0 aliphatic heterocycles. The summed E-state index contributed by atoms with van der Waals surface area (Å²) in [6, 6.07) is 75.0. The van der Waals surface area contributed by atoms with Crippen LogP contribution in [0.4, 0.5) is 51.2 Å². The number of rotatable bonds is 13. The Morgan fingerprint density at radius 3 is 0.654 bits per heavy atom. The summed E-state index contributed by atoms with van der Waals surface area (Å²) in [5.74, 6) is 0. The number of hydrogen-bond donors (Lipinski definition) is 0. The standard InChI is InChI=1S/C75H79N3/c1-52-16-30-65(31-17-52)76(70-32-18-53(2)57(6)48-70)66-36-22-61(23-37-66)74(44-12-10-13-45-74)62-24-38-67(39-25-62)77(71-33-19-54(3)58(7)49-71)68-40-26-63(27-41-68)75(46-14-11-15-47-75)64-28-42-69(43-29-64)78(72-34-20-55(4)59(8)50-72)73-35-21-56(5)60(9)51-73/h16-43,48-51H,10-15,44-47H2,1-9H3. The Hall–Kier alpha value is -7.62. The van der Waals surface area contributed by atoms with Crippen LogP contribution in [0.15, 0.2) is 194 Å². The second kappa shape index (κ2) is 22.0. The van der Waals surface area contributed by atoms with Gasteiger partial charge in [-0.15, -0.1) is 0 Å². The molecule has 0 bridgehead atoms. The smallest absolute Gasteiger partial charge is 0.0464 e. The summed E-state index contributed by atoms with van der Waals surface area (Å²) >= 11 is 0. The van der Waals surface area contributed by atoms with Crippen molar-refractivity contribution in [2.45, 2.75) is 137 Å². The normalized spacial score (nSPS) is 14.9. The van der Waals surface area contributed by atoms with Gasteiger partial charge in [0, 0.05) is 62.0 Å². The van der Waals surface area contributed by atoms with Gasteiger partial charge in [-0.25, -0.2) is 0 Å². The molecule has 0 unspecified atom stereocenters. The van der Waals surface area contributed by atoms with Crippen LogP contribution in [0.25, 0.3) is 0 Å². The summed E-state index contributed by atoms with van der Waals surface area (Å²) in [6.07, 6.45) is 12.1. The van der Waals surface area contributed by atoms with Crippen molar-refractivity contribution in [3.63, 3.8) is 0 Å². The summed E-state index contributed by atoms with van der Waals surface area (Å²) in [6.45, 7) is 19.9. The molecule has 0 N–H and O–H groups in total. The Balaban J connectivity index is 0.923. The predicted molar refractivity (Wildman–Crippen MR) is 334 cm³/mol. The van der Waals surface area contributed by atoms with Crippen LogP contribution in [0.1, 0.15) is 137 Å². The minimum atomic E-state index is -0.0564. The lowest BCUT2D eigenvalue weighted by Crippen LogP contribution is -2.30. The quantitative estimate of drug-likeness (QED) is 0.114. The van der Waals surface area contributed by atoms with Gasteiger partial charge in [0.15, 0.2) is 0 Å². The molecule has 0 amide bonds. The van der Waals surface area contributed by atoms with Crippen molar-refractivity contribution in [3.05, 3.63) is 266 Å². The Bertz CT molecular complexity index is 3480. The lowest BCUT2D eigenvalue weighted by Gasteiger charge is -2.40. The highest BCUT2D eigenvalue weighted by atomic mass is 15.2. The van der Waals surface area contributed by atoms with E-state index >= 15 is 0 Å². The third-order valence-corrected chi connectivity index (χ3v) is 18.4. The predicted octanol–water partition coefficient (Wildman–Crippen LogP) is 21.4. The van der Waals surface area contributed by atoms with E-state index in [1.165, 1.54) is 162 Å². The average molecular weight is 1020 g/mol. The van der Waals surface area contributed by atoms with Gasteiger partial charge in [0.2, 0.25) is 0 Å². The van der Waals surface area contributed by atoms with Gasteiger partial charge in [-0.1, -0.05) is 129 Å².